The molecule has 43 heteroatoms. The Labute approximate surface area is 690 Å². The van der Waals surface area contributed by atoms with Crippen molar-refractivity contribution in [2.24, 2.45) is 13.0 Å². The summed E-state index contributed by atoms with van der Waals surface area (Å²) in [5, 5.41) is 7.00. The molecule has 3 unspecified atom stereocenters. The highest BCUT2D eigenvalue weighted by atomic mass is 35.5. The van der Waals surface area contributed by atoms with Crippen LogP contribution in [0.1, 0.15) is 82.1 Å². The first-order valence-corrected chi connectivity index (χ1v) is 43.5. The van der Waals surface area contributed by atoms with Crippen molar-refractivity contribution in [1.82, 2.24) is 41.5 Å². The molecule has 0 spiro atoms. The number of piperidine rings is 1. The number of carbonyl (C=O) groups is 7. The van der Waals surface area contributed by atoms with Crippen LogP contribution < -0.4 is 20.7 Å². The molecule has 636 valence electrons. The van der Waals surface area contributed by atoms with Crippen molar-refractivity contribution in [3.05, 3.63) is 159 Å². The summed E-state index contributed by atoms with van der Waals surface area (Å²) in [6.07, 6.45) is 2.69. The second-order valence-electron chi connectivity index (χ2n) is 29.6. The lowest BCUT2D eigenvalue weighted by Crippen LogP contribution is -2.61. The van der Waals surface area contributed by atoms with E-state index in [1.807, 2.05) is 0 Å². The highest BCUT2D eigenvalue weighted by Crippen LogP contribution is 2.31. The van der Waals surface area contributed by atoms with E-state index in [1.165, 1.54) is 103 Å². The third kappa shape index (κ3) is 26.8. The van der Waals surface area contributed by atoms with Crippen molar-refractivity contribution in [2.75, 3.05) is 100.0 Å². The summed E-state index contributed by atoms with van der Waals surface area (Å²) < 4.78 is 182. The second-order valence-corrected chi connectivity index (χ2v) is 39.2. The van der Waals surface area contributed by atoms with Crippen molar-refractivity contribution in [3.63, 3.8) is 0 Å². The number of halogens is 8. The molecule has 0 bridgehead atoms. The number of rotatable bonds is 15. The molecule has 0 saturated carbocycles. The maximum Gasteiger partial charge on any atom is 0.411 e. The average molecular weight is 1790 g/mol. The summed E-state index contributed by atoms with van der Waals surface area (Å²) in [6, 6.07) is 19.1. The van der Waals surface area contributed by atoms with Crippen LogP contribution in [-0.4, -0.2) is 236 Å². The van der Waals surface area contributed by atoms with Crippen LogP contribution in [0.2, 0.25) is 20.1 Å². The summed E-state index contributed by atoms with van der Waals surface area (Å²) in [5.74, 6) is -6.09. The predicted octanol–water partition coefficient (Wildman–Crippen LogP) is 10.9. The molecular formula is C73H90Cl4F4N12O19S4. The van der Waals surface area contributed by atoms with Gasteiger partial charge in [0.05, 0.1) is 49.2 Å². The van der Waals surface area contributed by atoms with Gasteiger partial charge in [-0.05, 0) is 161 Å². The Balaban J connectivity index is 0.000000217. The molecule has 116 heavy (non-hydrogen) atoms. The molecular weight excluding hydrogens is 1690 g/mol. The van der Waals surface area contributed by atoms with Crippen molar-refractivity contribution in [2.45, 2.75) is 127 Å². The Morgan fingerprint density at radius 2 is 0.853 bits per heavy atom. The molecule has 4 saturated heterocycles. The molecule has 4 atom stereocenters. The lowest BCUT2D eigenvalue weighted by atomic mass is 10.00. The zero-order valence-corrected chi connectivity index (χ0v) is 71.4. The minimum absolute atomic E-state index is 0.0127. The van der Waals surface area contributed by atoms with Gasteiger partial charge in [0.15, 0.2) is 5.03 Å². The molecule has 0 aliphatic carbocycles. The summed E-state index contributed by atoms with van der Waals surface area (Å²) in [5.41, 5.74) is -2.06. The zero-order valence-electron chi connectivity index (χ0n) is 65.1. The Kier molecular flexibility index (Phi) is 32.1. The number of nitrogens with one attached hydrogen (secondary N) is 3. The molecule has 10 rings (SSSR count). The van der Waals surface area contributed by atoms with Crippen molar-refractivity contribution in [3.8, 4) is 5.75 Å². The number of piperazine rings is 3. The number of carbonyl (C=O) groups excluding carboxylic acids is 7. The van der Waals surface area contributed by atoms with Gasteiger partial charge in [-0.3, -0.25) is 33.9 Å². The van der Waals surface area contributed by atoms with E-state index in [4.69, 9.17) is 65.4 Å². The van der Waals surface area contributed by atoms with Crippen molar-refractivity contribution in [1.29, 1.82) is 0 Å². The maximum absolute atomic E-state index is 13.8. The number of benzene rings is 5. The largest absolute Gasteiger partial charge is 0.444 e. The zero-order chi connectivity index (χ0) is 86.5. The normalized spacial score (nSPS) is 18.3. The number of aromatic nitrogens is 2. The van der Waals surface area contributed by atoms with Gasteiger partial charge in [0, 0.05) is 108 Å². The molecule has 6 amide bonds. The highest BCUT2D eigenvalue weighted by Gasteiger charge is 2.45. The van der Waals surface area contributed by atoms with E-state index in [0.717, 1.165) is 44.0 Å². The quantitative estimate of drug-likeness (QED) is 0.0372. The lowest BCUT2D eigenvalue weighted by molar-refractivity contribution is -0.140. The van der Waals surface area contributed by atoms with Gasteiger partial charge in [-0.2, -0.15) is 12.9 Å². The number of hydrogen-bond acceptors (Lipinski definition) is 20. The monoisotopic (exact) mass is 1780 g/mol. The molecule has 6 aromatic rings. The average Bonchev–Trinajstić information content (AvgIpc) is 1.11. The second kappa shape index (κ2) is 39.4. The van der Waals surface area contributed by atoms with Gasteiger partial charge < -0.3 is 39.5 Å². The van der Waals surface area contributed by atoms with Crippen LogP contribution in [0.25, 0.3) is 0 Å². The van der Waals surface area contributed by atoms with E-state index in [-0.39, 0.29) is 124 Å². The number of esters is 1. The number of hydrogen-bond donors (Lipinski definition) is 3. The molecule has 1 aromatic heterocycles. The van der Waals surface area contributed by atoms with E-state index in [2.05, 4.69) is 20.9 Å². The van der Waals surface area contributed by atoms with Crippen LogP contribution in [0.3, 0.4) is 0 Å². The van der Waals surface area contributed by atoms with Crippen LogP contribution in [0.5, 0.6) is 5.75 Å². The van der Waals surface area contributed by atoms with Gasteiger partial charge in [-0.1, -0.05) is 64.6 Å². The number of aryl methyl sites for hydroxylation is 1. The summed E-state index contributed by atoms with van der Waals surface area (Å²) >= 11 is 22.6. The van der Waals surface area contributed by atoms with Gasteiger partial charge >= 0.3 is 24.2 Å². The third-order valence-electron chi connectivity index (χ3n) is 17.1. The van der Waals surface area contributed by atoms with Crippen molar-refractivity contribution >= 4 is 146 Å². The van der Waals surface area contributed by atoms with E-state index < -0.39 is 146 Å². The third-order valence-corrected chi connectivity index (χ3v) is 25.1. The topological polar surface area (TPSA) is 370 Å². The van der Waals surface area contributed by atoms with Crippen LogP contribution in [0.4, 0.5) is 49.0 Å². The molecule has 0 radical (unpaired) electrons. The number of amides is 6. The Hall–Kier alpha value is -8.48. The van der Waals surface area contributed by atoms with Gasteiger partial charge in [-0.15, -0.1) is 0 Å². The lowest BCUT2D eigenvalue weighted by Gasteiger charge is -2.40. The molecule has 4 aliphatic rings. The fourth-order valence-corrected chi connectivity index (χ4v) is 16.7. The Morgan fingerprint density at radius 1 is 0.483 bits per heavy atom. The number of sulfonamides is 4. The van der Waals surface area contributed by atoms with E-state index in [9.17, 15) is 84.8 Å². The highest BCUT2D eigenvalue weighted by molar-refractivity contribution is 7.89. The number of nitrogens with zero attached hydrogens (tertiary/aromatic N) is 9. The van der Waals surface area contributed by atoms with E-state index >= 15 is 0 Å². The van der Waals surface area contributed by atoms with Gasteiger partial charge in [0.1, 0.15) is 63.9 Å². The van der Waals surface area contributed by atoms with Crippen LogP contribution in [-0.2, 0) is 80.5 Å². The number of imidazole rings is 1. The van der Waals surface area contributed by atoms with Crippen molar-refractivity contribution < 1.29 is 104 Å². The predicted molar refractivity (Wildman–Crippen MR) is 425 cm³/mol. The summed E-state index contributed by atoms with van der Waals surface area (Å²) in [4.78, 5) is 96.8. The maximum atomic E-state index is 13.8. The molecule has 3 N–H and O–H groups in total. The Bertz CT molecular complexity index is 5070. The van der Waals surface area contributed by atoms with Gasteiger partial charge in [0.25, 0.3) is 10.0 Å². The van der Waals surface area contributed by atoms with Gasteiger partial charge in [0.2, 0.25) is 47.8 Å². The smallest absolute Gasteiger partial charge is 0.411 e. The van der Waals surface area contributed by atoms with Gasteiger partial charge in [-0.25, -0.2) is 74.9 Å². The first-order chi connectivity index (χ1) is 53.8. The van der Waals surface area contributed by atoms with Crippen LogP contribution in [0.15, 0.2) is 126 Å². The minimum atomic E-state index is -4.01. The van der Waals surface area contributed by atoms with Crippen LogP contribution >= 0.6 is 46.4 Å². The first kappa shape index (κ1) is 94.7. The summed E-state index contributed by atoms with van der Waals surface area (Å²) in [6.45, 7) is 16.1. The van der Waals surface area contributed by atoms with Crippen LogP contribution in [0, 0.1) is 29.2 Å². The minimum Gasteiger partial charge on any atom is -0.444 e. The van der Waals surface area contributed by atoms with E-state index in [1.54, 1.807) is 87.6 Å². The molecule has 4 aliphatic heterocycles. The fraction of sp³-hybridized carbons (Fsp3) is 0.452. The molecule has 5 heterocycles. The summed E-state index contributed by atoms with van der Waals surface area (Å²) in [7, 11) is -13.2. The number of anilines is 3. The Morgan fingerprint density at radius 3 is 1.21 bits per heavy atom. The molecule has 5 aromatic carbocycles. The molecule has 31 nitrogen and oxygen atoms in total. The van der Waals surface area contributed by atoms with E-state index in [0.29, 0.717) is 19.4 Å². The first-order valence-electron chi connectivity index (χ1n) is 35.7. The standard InChI is InChI=1S/C22H25ClFN3O5S.C20H25ClFN5O5S.C18H25ClFN3O5S.C13H15ClFNO4S/c1-22(2,3)32-21(29)27-12-11-26(33(30,31)16-7-5-4-6-8-16)14-19(27)20(28)25-15-9-10-17(23)18(24)13-15;1-20(2,3)32-19(29)27-8-7-26(33(30,31)17-11-25(4)12-23-17)10-16(27)18(28)24-13-5-6-14(21)15(22)9-13;1-5-29(26,27)22-8-9-23(17(25)28-18(2,3)4)15(11-22)16(24)21-12-6-7-13(19)14(20)10-12;1-21(18,19)16-6-2-3-9(8-16)13(17)20-10-4-5-11(14)12(15)7-10/h4-10,13,19H,11-12,14H2,1-3H3,(H,25,28);5-6,9,11-12,16H,7-8,10H2,1-4H3,(H,24,28);6-7,10,15H,5,8-9,11H2,1-4H3,(H,21,24);4-5,7,9H,2-3,6,8H2,1H3/t;;;9-/m...0/s1. The fourth-order valence-electron chi connectivity index (χ4n) is 11.4. The SMILES string of the molecule is CC(C)(C)OC(=O)N1CCN(S(=O)(=O)c2ccccc2)CC1C(=O)Nc1ccc(Cl)c(F)c1.CCS(=O)(=O)N1CCN(C(=O)OC(C)(C)C)C(C(=O)Nc2ccc(Cl)c(F)c2)C1.CS(=O)(=O)N1CCC[C@H](C(=O)Oc2ccc(Cl)c(F)c2)C1.Cn1cnc(S(=O)(=O)N2CCN(C(=O)OC(C)(C)C)C(C(=O)Nc3ccc(Cl)c(F)c3)C2)c1. The molecule has 4 fully saturated rings. The number of ether oxygens (including phenoxy) is 4.